The van der Waals surface area contributed by atoms with Crippen LogP contribution in [-0.2, 0) is 13.1 Å². The zero-order chi connectivity index (χ0) is 22.3. The van der Waals surface area contributed by atoms with Crippen molar-refractivity contribution >= 4 is 29.9 Å². The van der Waals surface area contributed by atoms with Crippen LogP contribution >= 0.6 is 24.0 Å². The Morgan fingerprint density at radius 1 is 1.03 bits per heavy atom. The van der Waals surface area contributed by atoms with Gasteiger partial charge in [0.15, 0.2) is 5.96 Å². The van der Waals surface area contributed by atoms with Crippen molar-refractivity contribution in [2.24, 2.45) is 4.99 Å². The summed E-state index contributed by atoms with van der Waals surface area (Å²) in [6.45, 7) is 8.00. The summed E-state index contributed by atoms with van der Waals surface area (Å²) in [5.41, 5.74) is 6.40. The summed E-state index contributed by atoms with van der Waals surface area (Å²) in [7, 11) is 0. The molecular formula is C25H30IN7. The van der Waals surface area contributed by atoms with Crippen molar-refractivity contribution in [1.82, 2.24) is 30.4 Å². The summed E-state index contributed by atoms with van der Waals surface area (Å²) in [6, 6.07) is 20.5. The van der Waals surface area contributed by atoms with E-state index in [-0.39, 0.29) is 24.0 Å². The summed E-state index contributed by atoms with van der Waals surface area (Å²) in [5, 5.41) is 11.3. The van der Waals surface area contributed by atoms with Gasteiger partial charge in [-0.25, -0.2) is 14.7 Å². The summed E-state index contributed by atoms with van der Waals surface area (Å²) >= 11 is 0. The van der Waals surface area contributed by atoms with E-state index >= 15 is 0 Å². The van der Waals surface area contributed by atoms with Gasteiger partial charge in [0.2, 0.25) is 0 Å². The predicted octanol–water partition coefficient (Wildman–Crippen LogP) is 4.75. The summed E-state index contributed by atoms with van der Waals surface area (Å²) in [6.07, 6.45) is 1.86. The summed E-state index contributed by atoms with van der Waals surface area (Å²) in [4.78, 5) is 12.7. The number of nitrogens with one attached hydrogen (secondary N) is 3. The zero-order valence-electron chi connectivity index (χ0n) is 19.2. The number of benzene rings is 2. The first-order valence-corrected chi connectivity index (χ1v) is 10.9. The number of aliphatic imine (C=N–C) groups is 1. The van der Waals surface area contributed by atoms with E-state index in [0.717, 1.165) is 52.2 Å². The van der Waals surface area contributed by atoms with Crippen molar-refractivity contribution in [3.05, 3.63) is 89.6 Å². The second-order valence-electron chi connectivity index (χ2n) is 7.63. The van der Waals surface area contributed by atoms with E-state index in [9.17, 15) is 0 Å². The molecule has 8 heteroatoms. The number of aryl methyl sites for hydroxylation is 2. The molecule has 0 aliphatic carbocycles. The fraction of sp³-hybridized carbons (Fsp3) is 0.240. The van der Waals surface area contributed by atoms with E-state index in [1.807, 2.05) is 48.1 Å². The fourth-order valence-corrected chi connectivity index (χ4v) is 3.61. The molecule has 0 aliphatic heterocycles. The third-order valence-electron chi connectivity index (χ3n) is 5.12. The number of halogens is 1. The molecule has 7 nitrogen and oxygen atoms in total. The highest BCUT2D eigenvalue weighted by molar-refractivity contribution is 14.0. The van der Waals surface area contributed by atoms with Crippen LogP contribution in [0.15, 0.2) is 71.9 Å². The van der Waals surface area contributed by atoms with Crippen molar-refractivity contribution < 1.29 is 0 Å². The van der Waals surface area contributed by atoms with Gasteiger partial charge in [-0.2, -0.15) is 5.10 Å². The molecule has 2 aromatic heterocycles. The minimum atomic E-state index is 0. The SMILES string of the molecule is CCNC(=NCc1ccccc1-n1nc(C)cc1C)NCc1ncc(-c2ccccc2)[nH]1.I. The molecule has 0 fully saturated rings. The number of imidazole rings is 1. The third kappa shape index (κ3) is 6.22. The minimum Gasteiger partial charge on any atom is -0.357 e. The van der Waals surface area contributed by atoms with Gasteiger partial charge in [-0.3, -0.25) is 0 Å². The largest absolute Gasteiger partial charge is 0.357 e. The van der Waals surface area contributed by atoms with Crippen LogP contribution in [-0.4, -0.2) is 32.3 Å². The highest BCUT2D eigenvalue weighted by atomic mass is 127. The van der Waals surface area contributed by atoms with Crippen LogP contribution in [0.25, 0.3) is 16.9 Å². The van der Waals surface area contributed by atoms with Crippen LogP contribution in [0.5, 0.6) is 0 Å². The van der Waals surface area contributed by atoms with Crippen molar-refractivity contribution in [2.45, 2.75) is 33.9 Å². The molecule has 172 valence electrons. The molecule has 3 N–H and O–H groups in total. The summed E-state index contributed by atoms with van der Waals surface area (Å²) in [5.74, 6) is 1.60. The molecule has 4 rings (SSSR count). The van der Waals surface area contributed by atoms with Gasteiger partial charge in [0.25, 0.3) is 0 Å². The van der Waals surface area contributed by atoms with Gasteiger partial charge in [0, 0.05) is 12.2 Å². The lowest BCUT2D eigenvalue weighted by Crippen LogP contribution is -2.37. The monoisotopic (exact) mass is 555 g/mol. The normalized spacial score (nSPS) is 11.2. The Bertz CT molecular complexity index is 1190. The molecule has 0 aliphatic rings. The second kappa shape index (κ2) is 11.6. The number of hydrogen-bond acceptors (Lipinski definition) is 3. The Morgan fingerprint density at radius 3 is 2.52 bits per heavy atom. The number of H-pyrrole nitrogens is 1. The molecule has 2 heterocycles. The first-order valence-electron chi connectivity index (χ1n) is 10.9. The molecule has 0 saturated carbocycles. The number of rotatable bonds is 7. The zero-order valence-corrected chi connectivity index (χ0v) is 21.5. The van der Waals surface area contributed by atoms with Crippen LogP contribution < -0.4 is 10.6 Å². The molecule has 0 atom stereocenters. The number of aromatic amines is 1. The Labute approximate surface area is 211 Å². The maximum atomic E-state index is 4.80. The average molecular weight is 555 g/mol. The van der Waals surface area contributed by atoms with E-state index in [1.165, 1.54) is 0 Å². The number of aromatic nitrogens is 4. The molecule has 4 aromatic rings. The van der Waals surface area contributed by atoms with Gasteiger partial charge < -0.3 is 15.6 Å². The molecule has 0 spiro atoms. The third-order valence-corrected chi connectivity index (χ3v) is 5.12. The number of nitrogens with zero attached hydrogens (tertiary/aromatic N) is 4. The topological polar surface area (TPSA) is 82.9 Å². The van der Waals surface area contributed by atoms with Crippen LogP contribution in [0.4, 0.5) is 0 Å². The maximum Gasteiger partial charge on any atom is 0.191 e. The lowest BCUT2D eigenvalue weighted by atomic mass is 10.2. The number of hydrogen-bond donors (Lipinski definition) is 3. The molecule has 33 heavy (non-hydrogen) atoms. The van der Waals surface area contributed by atoms with Crippen LogP contribution in [0.3, 0.4) is 0 Å². The number of para-hydroxylation sites is 1. The van der Waals surface area contributed by atoms with Gasteiger partial charge >= 0.3 is 0 Å². The Balaban J connectivity index is 0.00000306. The van der Waals surface area contributed by atoms with Crippen LogP contribution in [0.2, 0.25) is 0 Å². The Kier molecular flexibility index (Phi) is 8.65. The fourth-order valence-electron chi connectivity index (χ4n) is 3.61. The standard InChI is InChI=1S/C25H29N7.HI/c1-4-26-25(29-17-24-27-16-22(30-24)20-10-6-5-7-11-20)28-15-21-12-8-9-13-23(21)32-19(3)14-18(2)31-32;/h5-14,16H,4,15,17H2,1-3H3,(H,27,30)(H2,26,28,29);1H. The Hall–Kier alpha value is -3.14. The van der Waals surface area contributed by atoms with E-state index in [4.69, 9.17) is 4.99 Å². The lowest BCUT2D eigenvalue weighted by molar-refractivity contribution is 0.781. The molecule has 0 amide bonds. The highest BCUT2D eigenvalue weighted by Crippen LogP contribution is 2.18. The van der Waals surface area contributed by atoms with E-state index in [0.29, 0.717) is 13.1 Å². The van der Waals surface area contributed by atoms with Gasteiger partial charge in [-0.15, -0.1) is 24.0 Å². The van der Waals surface area contributed by atoms with Crippen molar-refractivity contribution in [2.75, 3.05) is 6.54 Å². The van der Waals surface area contributed by atoms with Crippen molar-refractivity contribution in [3.8, 4) is 16.9 Å². The average Bonchev–Trinajstić information content (AvgIpc) is 3.42. The predicted molar refractivity (Wildman–Crippen MR) is 144 cm³/mol. The molecule has 0 radical (unpaired) electrons. The molecule has 0 bridgehead atoms. The first-order chi connectivity index (χ1) is 15.6. The second-order valence-corrected chi connectivity index (χ2v) is 7.63. The quantitative estimate of drug-likeness (QED) is 0.175. The highest BCUT2D eigenvalue weighted by Gasteiger charge is 2.09. The molecular weight excluding hydrogens is 525 g/mol. The van der Waals surface area contributed by atoms with Crippen molar-refractivity contribution in [3.63, 3.8) is 0 Å². The van der Waals surface area contributed by atoms with Crippen molar-refractivity contribution in [1.29, 1.82) is 0 Å². The summed E-state index contributed by atoms with van der Waals surface area (Å²) < 4.78 is 1.98. The minimum absolute atomic E-state index is 0. The smallest absolute Gasteiger partial charge is 0.191 e. The maximum absolute atomic E-state index is 4.80. The van der Waals surface area contributed by atoms with E-state index in [2.05, 4.69) is 69.9 Å². The van der Waals surface area contributed by atoms with Crippen LogP contribution in [0.1, 0.15) is 29.7 Å². The first kappa shape index (κ1) is 24.5. The molecule has 0 unspecified atom stereocenters. The molecule has 2 aromatic carbocycles. The molecule has 0 saturated heterocycles. The lowest BCUT2D eigenvalue weighted by Gasteiger charge is -2.12. The van der Waals surface area contributed by atoms with Gasteiger partial charge in [-0.05, 0) is 44.0 Å². The van der Waals surface area contributed by atoms with E-state index < -0.39 is 0 Å². The van der Waals surface area contributed by atoms with Crippen LogP contribution in [0, 0.1) is 13.8 Å². The van der Waals surface area contributed by atoms with Gasteiger partial charge in [-0.1, -0.05) is 48.5 Å². The Morgan fingerprint density at radius 2 is 1.79 bits per heavy atom. The van der Waals surface area contributed by atoms with Gasteiger partial charge in [0.1, 0.15) is 5.82 Å². The van der Waals surface area contributed by atoms with Gasteiger partial charge in [0.05, 0.1) is 36.4 Å². The van der Waals surface area contributed by atoms with E-state index in [1.54, 1.807) is 0 Å². The number of guanidine groups is 1.